The van der Waals surface area contributed by atoms with Gasteiger partial charge in [0.15, 0.2) is 11.5 Å². The van der Waals surface area contributed by atoms with Crippen molar-refractivity contribution in [2.45, 2.75) is 12.6 Å². The fourth-order valence-corrected chi connectivity index (χ4v) is 1.08. The number of nitrogens with one attached hydrogen (secondary N) is 1. The van der Waals surface area contributed by atoms with Crippen LogP contribution in [0.5, 0.6) is 0 Å². The van der Waals surface area contributed by atoms with Crippen molar-refractivity contribution in [2.75, 3.05) is 18.5 Å². The van der Waals surface area contributed by atoms with Crippen LogP contribution in [-0.2, 0) is 6.18 Å². The maximum atomic E-state index is 12.2. The van der Waals surface area contributed by atoms with E-state index in [9.17, 15) is 13.2 Å². The second-order valence-electron chi connectivity index (χ2n) is 3.47. The molecule has 1 aromatic rings. The van der Waals surface area contributed by atoms with Crippen LogP contribution in [0.2, 0.25) is 0 Å². The first-order chi connectivity index (χ1) is 7.80. The summed E-state index contributed by atoms with van der Waals surface area (Å²) >= 11 is 0. The number of hydrogen-bond acceptors (Lipinski definition) is 4. The molecule has 0 unspecified atom stereocenters. The van der Waals surface area contributed by atoms with Gasteiger partial charge in [-0.05, 0) is 12.1 Å². The summed E-state index contributed by atoms with van der Waals surface area (Å²) in [5.74, 6) is 0.316. The molecule has 0 aliphatic carbocycles. The van der Waals surface area contributed by atoms with Crippen LogP contribution in [0.3, 0.4) is 0 Å². The Labute approximate surface area is 95.9 Å². The number of alkyl halides is 3. The number of aromatic nitrogens is 2. The van der Waals surface area contributed by atoms with E-state index >= 15 is 0 Å². The van der Waals surface area contributed by atoms with E-state index in [0.717, 1.165) is 6.07 Å². The molecule has 1 rings (SSSR count). The quantitative estimate of drug-likeness (QED) is 0.620. The van der Waals surface area contributed by atoms with Gasteiger partial charge in [-0.3, -0.25) is 5.41 Å². The van der Waals surface area contributed by atoms with Crippen LogP contribution in [0, 0.1) is 5.41 Å². The van der Waals surface area contributed by atoms with Gasteiger partial charge >= 0.3 is 6.18 Å². The fourth-order valence-electron chi connectivity index (χ4n) is 1.08. The zero-order valence-electron chi connectivity index (χ0n) is 9.12. The zero-order valence-corrected chi connectivity index (χ0v) is 9.12. The third-order valence-corrected chi connectivity index (χ3v) is 2.05. The summed E-state index contributed by atoms with van der Waals surface area (Å²) in [5, 5.41) is 13.6. The highest BCUT2D eigenvalue weighted by atomic mass is 19.4. The first-order valence-electron chi connectivity index (χ1n) is 4.75. The number of hydrogen-bond donors (Lipinski definition) is 2. The SMILES string of the molecule is CN(CCC(=N)N)c1ccc(C(F)(F)F)nn1. The molecule has 0 saturated carbocycles. The van der Waals surface area contributed by atoms with Crippen molar-refractivity contribution in [3.05, 3.63) is 17.8 Å². The summed E-state index contributed by atoms with van der Waals surface area (Å²) < 4.78 is 36.6. The molecule has 0 radical (unpaired) electrons. The van der Waals surface area contributed by atoms with Gasteiger partial charge in [0.2, 0.25) is 0 Å². The van der Waals surface area contributed by atoms with Crippen molar-refractivity contribution < 1.29 is 13.2 Å². The molecule has 0 aliphatic heterocycles. The Morgan fingerprint density at radius 1 is 1.41 bits per heavy atom. The molecule has 17 heavy (non-hydrogen) atoms. The highest BCUT2D eigenvalue weighted by molar-refractivity contribution is 5.77. The van der Waals surface area contributed by atoms with Crippen molar-refractivity contribution >= 4 is 11.7 Å². The molecule has 0 amide bonds. The van der Waals surface area contributed by atoms with Gasteiger partial charge in [0.25, 0.3) is 0 Å². The van der Waals surface area contributed by atoms with Crippen molar-refractivity contribution in [2.24, 2.45) is 5.73 Å². The molecule has 5 nitrogen and oxygen atoms in total. The van der Waals surface area contributed by atoms with E-state index in [-0.39, 0.29) is 5.84 Å². The molecule has 0 spiro atoms. The number of anilines is 1. The second-order valence-corrected chi connectivity index (χ2v) is 3.47. The Balaban J connectivity index is 2.70. The van der Waals surface area contributed by atoms with Crippen LogP contribution in [0.15, 0.2) is 12.1 Å². The molecule has 1 heterocycles. The second kappa shape index (κ2) is 4.98. The average molecular weight is 247 g/mol. The topological polar surface area (TPSA) is 78.9 Å². The number of rotatable bonds is 4. The number of halogens is 3. The van der Waals surface area contributed by atoms with Crippen molar-refractivity contribution in [1.29, 1.82) is 5.41 Å². The van der Waals surface area contributed by atoms with Crippen molar-refractivity contribution in [3.63, 3.8) is 0 Å². The van der Waals surface area contributed by atoms with E-state index in [1.165, 1.54) is 6.07 Å². The van der Waals surface area contributed by atoms with Crippen LogP contribution in [0.4, 0.5) is 19.0 Å². The molecule has 0 saturated heterocycles. The summed E-state index contributed by atoms with van der Waals surface area (Å²) in [6.45, 7) is 0.398. The predicted octanol–water partition coefficient (Wildman–Crippen LogP) is 1.26. The largest absolute Gasteiger partial charge is 0.435 e. The Hall–Kier alpha value is -1.86. The van der Waals surface area contributed by atoms with E-state index in [4.69, 9.17) is 11.1 Å². The van der Waals surface area contributed by atoms with Gasteiger partial charge in [-0.15, -0.1) is 10.2 Å². The fraction of sp³-hybridized carbons (Fsp3) is 0.444. The summed E-state index contributed by atoms with van der Waals surface area (Å²) in [6.07, 6.45) is -4.16. The molecule has 94 valence electrons. The summed E-state index contributed by atoms with van der Waals surface area (Å²) in [5.41, 5.74) is 4.15. The maximum absolute atomic E-state index is 12.2. The van der Waals surface area contributed by atoms with E-state index in [1.807, 2.05) is 0 Å². The van der Waals surface area contributed by atoms with Crippen molar-refractivity contribution in [3.8, 4) is 0 Å². The van der Waals surface area contributed by atoms with Gasteiger partial charge in [0.1, 0.15) is 0 Å². The van der Waals surface area contributed by atoms with Gasteiger partial charge in [0, 0.05) is 20.0 Å². The molecule has 0 bridgehead atoms. The summed E-state index contributed by atoms with van der Waals surface area (Å²) in [4.78, 5) is 1.58. The molecule has 0 aromatic carbocycles. The molecular formula is C9H12F3N5. The monoisotopic (exact) mass is 247 g/mol. The lowest BCUT2D eigenvalue weighted by molar-refractivity contribution is -0.141. The third-order valence-electron chi connectivity index (χ3n) is 2.05. The van der Waals surface area contributed by atoms with Crippen LogP contribution in [0.25, 0.3) is 0 Å². The lowest BCUT2D eigenvalue weighted by atomic mass is 10.3. The standard InChI is InChI=1S/C9H12F3N5/c1-17(5-4-7(13)14)8-3-2-6(15-16-8)9(10,11)12/h2-3H,4-5H2,1H3,(H3,13,14). The lowest BCUT2D eigenvalue weighted by Gasteiger charge is -2.17. The van der Waals surface area contributed by atoms with Crippen LogP contribution < -0.4 is 10.6 Å². The van der Waals surface area contributed by atoms with Gasteiger partial charge in [0.05, 0.1) is 5.84 Å². The molecule has 3 N–H and O–H groups in total. The molecule has 8 heteroatoms. The van der Waals surface area contributed by atoms with Crippen LogP contribution in [0.1, 0.15) is 12.1 Å². The molecule has 1 aromatic heterocycles. The van der Waals surface area contributed by atoms with Gasteiger partial charge < -0.3 is 10.6 Å². The Morgan fingerprint density at radius 2 is 2.06 bits per heavy atom. The number of nitrogens with zero attached hydrogens (tertiary/aromatic N) is 3. The van der Waals surface area contributed by atoms with Crippen LogP contribution in [-0.4, -0.2) is 29.6 Å². The smallest absolute Gasteiger partial charge is 0.388 e. The van der Waals surface area contributed by atoms with E-state index in [0.29, 0.717) is 18.8 Å². The van der Waals surface area contributed by atoms with Crippen molar-refractivity contribution in [1.82, 2.24) is 10.2 Å². The zero-order chi connectivity index (χ0) is 13.1. The van der Waals surface area contributed by atoms with E-state index in [2.05, 4.69) is 10.2 Å². The maximum Gasteiger partial charge on any atom is 0.435 e. The number of nitrogens with two attached hydrogens (primary N) is 1. The molecule has 0 fully saturated rings. The first-order valence-corrected chi connectivity index (χ1v) is 4.75. The predicted molar refractivity (Wildman–Crippen MR) is 56.8 cm³/mol. The molecular weight excluding hydrogens is 235 g/mol. The highest BCUT2D eigenvalue weighted by Crippen LogP contribution is 2.27. The molecule has 0 atom stereocenters. The number of amidine groups is 1. The minimum atomic E-state index is -4.48. The first kappa shape index (κ1) is 13.2. The average Bonchev–Trinajstić information content (AvgIpc) is 2.25. The third kappa shape index (κ3) is 3.89. The lowest BCUT2D eigenvalue weighted by Crippen LogP contribution is -2.25. The summed E-state index contributed by atoms with van der Waals surface area (Å²) in [7, 11) is 1.64. The minimum absolute atomic E-state index is 0.0109. The van der Waals surface area contributed by atoms with Gasteiger partial charge in [-0.1, -0.05) is 0 Å². The molecule has 0 aliphatic rings. The van der Waals surface area contributed by atoms with E-state index in [1.54, 1.807) is 11.9 Å². The van der Waals surface area contributed by atoms with Gasteiger partial charge in [-0.2, -0.15) is 13.2 Å². The Kier molecular flexibility index (Phi) is 3.87. The Morgan fingerprint density at radius 3 is 2.47 bits per heavy atom. The van der Waals surface area contributed by atoms with E-state index < -0.39 is 11.9 Å². The van der Waals surface area contributed by atoms with Gasteiger partial charge in [-0.25, -0.2) is 0 Å². The summed E-state index contributed by atoms with van der Waals surface area (Å²) in [6, 6.07) is 2.10. The normalized spacial score (nSPS) is 11.3. The highest BCUT2D eigenvalue weighted by Gasteiger charge is 2.32. The Bertz CT molecular complexity index is 387. The van der Waals surface area contributed by atoms with Crippen LogP contribution >= 0.6 is 0 Å². The minimum Gasteiger partial charge on any atom is -0.388 e.